The number of hydrazone groups is 1. The summed E-state index contributed by atoms with van der Waals surface area (Å²) in [5, 5.41) is 13.6. The van der Waals surface area contributed by atoms with Crippen LogP contribution in [0, 0.1) is 0 Å². The zero-order chi connectivity index (χ0) is 24.0. The Kier molecular flexibility index (Phi) is 7.07. The van der Waals surface area contributed by atoms with Crippen molar-refractivity contribution in [3.63, 3.8) is 0 Å². The van der Waals surface area contributed by atoms with E-state index >= 15 is 0 Å². The van der Waals surface area contributed by atoms with Crippen LogP contribution in [-0.4, -0.2) is 32.6 Å². The summed E-state index contributed by atoms with van der Waals surface area (Å²) in [4.78, 5) is 13.1. The quantitative estimate of drug-likeness (QED) is 0.200. The van der Waals surface area contributed by atoms with Crippen molar-refractivity contribution in [2.24, 2.45) is 5.10 Å². The van der Waals surface area contributed by atoms with Crippen LogP contribution in [0.5, 0.6) is 0 Å². The summed E-state index contributed by atoms with van der Waals surface area (Å²) in [5.41, 5.74) is 0.661. The van der Waals surface area contributed by atoms with Gasteiger partial charge in [0, 0.05) is 5.69 Å². The fourth-order valence-electron chi connectivity index (χ4n) is 3.03. The Morgan fingerprint density at radius 2 is 1.71 bits per heavy atom. The summed E-state index contributed by atoms with van der Waals surface area (Å²) in [7, 11) is 0. The fourth-order valence-corrected chi connectivity index (χ4v) is 3.80. The minimum absolute atomic E-state index is 0.0112. The van der Waals surface area contributed by atoms with Crippen molar-refractivity contribution in [1.82, 2.24) is 14.8 Å². The Morgan fingerprint density at radius 3 is 2.41 bits per heavy atom. The van der Waals surface area contributed by atoms with Crippen molar-refractivity contribution in [1.29, 1.82) is 0 Å². The summed E-state index contributed by atoms with van der Waals surface area (Å²) < 4.78 is 41.5. The Morgan fingerprint density at radius 1 is 1.00 bits per heavy atom. The van der Waals surface area contributed by atoms with Gasteiger partial charge in [0.1, 0.15) is 6.33 Å². The second kappa shape index (κ2) is 10.3. The molecular weight excluding hydrogens is 463 g/mol. The number of benzene rings is 3. The first-order valence-corrected chi connectivity index (χ1v) is 11.1. The molecule has 4 rings (SSSR count). The lowest BCUT2D eigenvalue weighted by molar-refractivity contribution is -0.137. The number of alkyl halides is 3. The highest BCUT2D eigenvalue weighted by Crippen LogP contribution is 2.32. The highest BCUT2D eigenvalue weighted by molar-refractivity contribution is 7.99. The first-order chi connectivity index (χ1) is 16.4. The van der Waals surface area contributed by atoms with E-state index in [1.807, 2.05) is 36.4 Å². The maximum Gasteiger partial charge on any atom is 0.416 e. The molecule has 0 bridgehead atoms. The largest absolute Gasteiger partial charge is 0.416 e. The standard InChI is InChI=1S/C24H18F3N5OS/c25-24(26,27)19-10-7-13-21(14-19)32(29-15-18-8-3-1-4-9-18)22(33)16-34-23-30-28-17-31(23)20-11-5-2-6-12-20/h1-15,17H,16H2/b29-15+. The van der Waals surface area contributed by atoms with Crippen LogP contribution in [-0.2, 0) is 11.0 Å². The van der Waals surface area contributed by atoms with E-state index in [0.717, 1.165) is 34.6 Å². The Bertz CT molecular complexity index is 1280. The van der Waals surface area contributed by atoms with Gasteiger partial charge in [0.25, 0.3) is 5.91 Å². The summed E-state index contributed by atoms with van der Waals surface area (Å²) in [5.74, 6) is -0.632. The van der Waals surface area contributed by atoms with Crippen LogP contribution < -0.4 is 5.01 Å². The van der Waals surface area contributed by atoms with Crippen molar-refractivity contribution in [3.05, 3.63) is 102 Å². The highest BCUT2D eigenvalue weighted by Gasteiger charge is 2.31. The molecule has 0 aliphatic heterocycles. The molecule has 0 aliphatic rings. The number of rotatable bonds is 7. The predicted octanol–water partition coefficient (Wildman–Crippen LogP) is 5.45. The van der Waals surface area contributed by atoms with Crippen molar-refractivity contribution in [3.8, 4) is 5.69 Å². The molecular formula is C24H18F3N5OS. The Hall–Kier alpha value is -3.92. The van der Waals surface area contributed by atoms with E-state index in [4.69, 9.17) is 0 Å². The van der Waals surface area contributed by atoms with Crippen LogP contribution in [0.4, 0.5) is 18.9 Å². The first kappa shape index (κ1) is 23.2. The molecule has 1 heterocycles. The highest BCUT2D eigenvalue weighted by atomic mass is 32.2. The van der Waals surface area contributed by atoms with Gasteiger partial charge in [-0.05, 0) is 35.9 Å². The molecule has 6 nitrogen and oxygen atoms in total. The lowest BCUT2D eigenvalue weighted by Gasteiger charge is -2.18. The molecule has 4 aromatic rings. The molecule has 0 N–H and O–H groups in total. The van der Waals surface area contributed by atoms with Crippen LogP contribution in [0.25, 0.3) is 5.69 Å². The van der Waals surface area contributed by atoms with Gasteiger partial charge in [-0.15, -0.1) is 10.2 Å². The third kappa shape index (κ3) is 5.70. The molecule has 172 valence electrons. The van der Waals surface area contributed by atoms with Crippen LogP contribution in [0.2, 0.25) is 0 Å². The van der Waals surface area contributed by atoms with Gasteiger partial charge in [-0.3, -0.25) is 9.36 Å². The molecule has 0 unspecified atom stereocenters. The molecule has 0 spiro atoms. The van der Waals surface area contributed by atoms with E-state index in [9.17, 15) is 18.0 Å². The summed E-state index contributed by atoms with van der Waals surface area (Å²) in [6.45, 7) is 0. The number of aromatic nitrogens is 3. The zero-order valence-electron chi connectivity index (χ0n) is 17.6. The van der Waals surface area contributed by atoms with Gasteiger partial charge in [0.2, 0.25) is 0 Å². The molecule has 3 aromatic carbocycles. The lowest BCUT2D eigenvalue weighted by atomic mass is 10.2. The molecule has 0 saturated heterocycles. The number of anilines is 1. The van der Waals surface area contributed by atoms with Crippen LogP contribution in [0.3, 0.4) is 0 Å². The molecule has 1 aromatic heterocycles. The predicted molar refractivity (Wildman–Crippen MR) is 125 cm³/mol. The number of thioether (sulfide) groups is 1. The van der Waals surface area contributed by atoms with E-state index in [2.05, 4.69) is 15.3 Å². The third-order valence-corrected chi connectivity index (χ3v) is 5.58. The number of nitrogens with zero attached hydrogens (tertiary/aromatic N) is 5. The second-order valence-electron chi connectivity index (χ2n) is 7.02. The summed E-state index contributed by atoms with van der Waals surface area (Å²) >= 11 is 1.11. The van der Waals surface area contributed by atoms with Gasteiger partial charge < -0.3 is 0 Å². The maximum absolute atomic E-state index is 13.3. The van der Waals surface area contributed by atoms with Crippen LogP contribution >= 0.6 is 11.8 Å². The lowest BCUT2D eigenvalue weighted by Crippen LogP contribution is -2.28. The van der Waals surface area contributed by atoms with Crippen molar-refractivity contribution in [2.45, 2.75) is 11.3 Å². The van der Waals surface area contributed by atoms with Gasteiger partial charge in [-0.25, -0.2) is 5.01 Å². The summed E-state index contributed by atoms with van der Waals surface area (Å²) in [6, 6.07) is 22.8. The number of halogens is 3. The number of para-hydroxylation sites is 1. The molecule has 0 saturated carbocycles. The van der Waals surface area contributed by atoms with Crippen molar-refractivity contribution < 1.29 is 18.0 Å². The van der Waals surface area contributed by atoms with E-state index in [1.54, 1.807) is 28.8 Å². The molecule has 0 radical (unpaired) electrons. The SMILES string of the molecule is O=C(CSc1nncn1-c1ccccc1)N(/N=C/c1ccccc1)c1cccc(C(F)(F)F)c1. The molecule has 34 heavy (non-hydrogen) atoms. The van der Waals surface area contributed by atoms with E-state index in [-0.39, 0.29) is 11.4 Å². The number of carbonyl (C=O) groups is 1. The van der Waals surface area contributed by atoms with Crippen LogP contribution in [0.1, 0.15) is 11.1 Å². The van der Waals surface area contributed by atoms with Gasteiger partial charge >= 0.3 is 6.18 Å². The number of hydrogen-bond donors (Lipinski definition) is 0. The van der Waals surface area contributed by atoms with E-state index < -0.39 is 17.6 Å². The van der Waals surface area contributed by atoms with Crippen LogP contribution in [0.15, 0.2) is 102 Å². The van der Waals surface area contributed by atoms with E-state index in [1.165, 1.54) is 24.7 Å². The maximum atomic E-state index is 13.3. The average Bonchev–Trinajstić information content (AvgIpc) is 3.32. The van der Waals surface area contributed by atoms with Crippen molar-refractivity contribution in [2.75, 3.05) is 10.8 Å². The monoisotopic (exact) mass is 481 g/mol. The van der Waals surface area contributed by atoms with E-state index in [0.29, 0.717) is 10.7 Å². The normalized spacial score (nSPS) is 11.6. The molecule has 10 heteroatoms. The molecule has 0 fully saturated rings. The summed E-state index contributed by atoms with van der Waals surface area (Å²) in [6.07, 6.45) is -1.59. The smallest absolute Gasteiger partial charge is 0.277 e. The van der Waals surface area contributed by atoms with Gasteiger partial charge in [-0.1, -0.05) is 66.4 Å². The average molecular weight is 482 g/mol. The molecule has 0 aliphatic carbocycles. The first-order valence-electron chi connectivity index (χ1n) is 10.1. The van der Waals surface area contributed by atoms with Gasteiger partial charge in [0.05, 0.1) is 23.2 Å². The topological polar surface area (TPSA) is 63.4 Å². The second-order valence-corrected chi connectivity index (χ2v) is 7.96. The third-order valence-electron chi connectivity index (χ3n) is 4.65. The Labute approximate surface area is 197 Å². The van der Waals surface area contributed by atoms with Crippen molar-refractivity contribution >= 4 is 29.6 Å². The van der Waals surface area contributed by atoms with Gasteiger partial charge in [-0.2, -0.15) is 18.3 Å². The molecule has 1 amide bonds. The fraction of sp³-hybridized carbons (Fsp3) is 0.0833. The number of amides is 1. The number of carbonyl (C=O) groups excluding carboxylic acids is 1. The van der Waals surface area contributed by atoms with Gasteiger partial charge in [0.15, 0.2) is 5.16 Å². The molecule has 0 atom stereocenters. The minimum Gasteiger partial charge on any atom is -0.277 e. The minimum atomic E-state index is -4.55. The Balaban J connectivity index is 1.59. The zero-order valence-corrected chi connectivity index (χ0v) is 18.4. The number of hydrogen-bond acceptors (Lipinski definition) is 5.